The van der Waals surface area contributed by atoms with Gasteiger partial charge in [-0.15, -0.1) is 0 Å². The molecule has 0 spiro atoms. The molecule has 41 heavy (non-hydrogen) atoms. The Balaban J connectivity index is 1.42. The predicted molar refractivity (Wildman–Crippen MR) is 153 cm³/mol. The van der Waals surface area contributed by atoms with Crippen molar-refractivity contribution in [3.63, 3.8) is 0 Å². The minimum Gasteiger partial charge on any atom is -0.379 e. The highest BCUT2D eigenvalue weighted by atomic mass is 19.1. The molecular weight excluding hydrogens is 526 g/mol. The number of carbonyl (C=O) groups is 2. The van der Waals surface area contributed by atoms with Crippen LogP contribution in [0.3, 0.4) is 0 Å². The lowest BCUT2D eigenvalue weighted by molar-refractivity contribution is -0.133. The van der Waals surface area contributed by atoms with Gasteiger partial charge in [-0.25, -0.2) is 13.8 Å². The number of benzene rings is 3. The molecule has 0 unspecified atom stereocenters. The second-order valence-corrected chi connectivity index (χ2v) is 10.5. The van der Waals surface area contributed by atoms with Crippen LogP contribution in [0.2, 0.25) is 0 Å². The van der Waals surface area contributed by atoms with Crippen LogP contribution in [0.25, 0.3) is 0 Å². The number of hydrogen-bond acceptors (Lipinski definition) is 5. The SMILES string of the molecule is Cc1ccc(C2=NN(C(=O)CN(CCN3CCOCC3)C(=O)c3cccc(F)c3)[C@@H](c3ccc(F)cc3)C2)cc1C. The maximum absolute atomic E-state index is 14.0. The molecule has 0 radical (unpaired) electrons. The Morgan fingerprint density at radius 2 is 1.71 bits per heavy atom. The quantitative estimate of drug-likeness (QED) is 0.400. The summed E-state index contributed by atoms with van der Waals surface area (Å²) in [6.45, 7) is 7.35. The third kappa shape index (κ3) is 6.86. The predicted octanol–water partition coefficient (Wildman–Crippen LogP) is 4.73. The average molecular weight is 561 g/mol. The van der Waals surface area contributed by atoms with Crippen LogP contribution in [0.4, 0.5) is 8.78 Å². The van der Waals surface area contributed by atoms with Crippen molar-refractivity contribution in [2.24, 2.45) is 5.10 Å². The Bertz CT molecular complexity index is 1440. The van der Waals surface area contributed by atoms with E-state index in [9.17, 15) is 18.4 Å². The minimum absolute atomic E-state index is 0.176. The average Bonchev–Trinajstić information content (AvgIpc) is 3.43. The molecule has 1 fully saturated rings. The standard InChI is InChI=1S/C32H34F2N4O3/c1-22-6-7-25(18-23(22)2)29-20-30(24-8-10-27(33)11-9-24)38(35-29)31(39)21-37(13-12-36-14-16-41-17-15-36)32(40)26-4-3-5-28(34)19-26/h3-11,18-19,30H,12-17,20-21H2,1-2H3/t30-/m1/s1. The number of ether oxygens (including phenoxy) is 1. The molecule has 0 aromatic heterocycles. The van der Waals surface area contributed by atoms with Crippen molar-refractivity contribution >= 4 is 17.5 Å². The summed E-state index contributed by atoms with van der Waals surface area (Å²) in [5.41, 5.74) is 4.85. The van der Waals surface area contributed by atoms with Gasteiger partial charge >= 0.3 is 0 Å². The van der Waals surface area contributed by atoms with Crippen molar-refractivity contribution in [3.05, 3.63) is 106 Å². The molecule has 2 aliphatic heterocycles. The summed E-state index contributed by atoms with van der Waals surface area (Å²) >= 11 is 0. The van der Waals surface area contributed by atoms with Gasteiger partial charge in [-0.1, -0.05) is 30.3 Å². The largest absolute Gasteiger partial charge is 0.379 e. The molecule has 7 nitrogen and oxygen atoms in total. The van der Waals surface area contributed by atoms with Gasteiger partial charge in [0.05, 0.1) is 25.0 Å². The first-order valence-electron chi connectivity index (χ1n) is 13.9. The summed E-state index contributed by atoms with van der Waals surface area (Å²) in [7, 11) is 0. The fraction of sp³-hybridized carbons (Fsp3) is 0.344. The molecular formula is C32H34F2N4O3. The first kappa shape index (κ1) is 28.6. The van der Waals surface area contributed by atoms with E-state index in [1.807, 2.05) is 32.0 Å². The molecule has 2 amide bonds. The van der Waals surface area contributed by atoms with E-state index < -0.39 is 17.8 Å². The van der Waals surface area contributed by atoms with E-state index in [4.69, 9.17) is 9.84 Å². The Kier molecular flexibility index (Phi) is 8.85. The minimum atomic E-state index is -0.520. The normalized spacial score (nSPS) is 17.4. The van der Waals surface area contributed by atoms with E-state index in [0.29, 0.717) is 26.2 Å². The fourth-order valence-corrected chi connectivity index (χ4v) is 5.16. The van der Waals surface area contributed by atoms with Crippen LogP contribution >= 0.6 is 0 Å². The summed E-state index contributed by atoms with van der Waals surface area (Å²) in [4.78, 5) is 31.1. The molecule has 0 bridgehead atoms. The zero-order chi connectivity index (χ0) is 28.9. The summed E-state index contributed by atoms with van der Waals surface area (Å²) in [6, 6.07) is 17.1. The molecule has 0 N–H and O–H groups in total. The van der Waals surface area contributed by atoms with E-state index in [1.54, 1.807) is 18.2 Å². The van der Waals surface area contributed by atoms with Crippen molar-refractivity contribution in [3.8, 4) is 0 Å². The third-order valence-electron chi connectivity index (χ3n) is 7.74. The molecule has 1 saturated heterocycles. The lowest BCUT2D eigenvalue weighted by Gasteiger charge is -2.31. The molecule has 3 aromatic rings. The Labute approximate surface area is 239 Å². The van der Waals surface area contributed by atoms with Gasteiger partial charge in [0, 0.05) is 38.2 Å². The van der Waals surface area contributed by atoms with Gasteiger partial charge < -0.3 is 9.64 Å². The lowest BCUT2D eigenvalue weighted by Crippen LogP contribution is -2.46. The fourth-order valence-electron chi connectivity index (χ4n) is 5.16. The molecule has 0 saturated carbocycles. The van der Waals surface area contributed by atoms with Gasteiger partial charge in [0.25, 0.3) is 11.8 Å². The maximum atomic E-state index is 14.0. The molecule has 5 rings (SSSR count). The Hall–Kier alpha value is -3.95. The number of amides is 2. The van der Waals surface area contributed by atoms with Crippen molar-refractivity contribution in [2.75, 3.05) is 45.9 Å². The van der Waals surface area contributed by atoms with Crippen molar-refractivity contribution in [2.45, 2.75) is 26.3 Å². The van der Waals surface area contributed by atoms with Crippen molar-refractivity contribution in [1.82, 2.24) is 14.8 Å². The highest BCUT2D eigenvalue weighted by molar-refractivity contribution is 6.04. The van der Waals surface area contributed by atoms with Crippen LogP contribution in [0, 0.1) is 25.5 Å². The third-order valence-corrected chi connectivity index (χ3v) is 7.74. The van der Waals surface area contributed by atoms with Crippen LogP contribution in [0.15, 0.2) is 71.8 Å². The van der Waals surface area contributed by atoms with Crippen molar-refractivity contribution in [1.29, 1.82) is 0 Å². The summed E-state index contributed by atoms with van der Waals surface area (Å²) in [6.07, 6.45) is 0.450. The number of nitrogens with zero attached hydrogens (tertiary/aromatic N) is 4. The topological polar surface area (TPSA) is 65.5 Å². The number of hydrazone groups is 1. The number of rotatable bonds is 8. The van der Waals surface area contributed by atoms with Gasteiger partial charge in [0.2, 0.25) is 0 Å². The number of hydrogen-bond donors (Lipinski definition) is 0. The second kappa shape index (κ2) is 12.7. The maximum Gasteiger partial charge on any atom is 0.262 e. The second-order valence-electron chi connectivity index (χ2n) is 10.5. The van der Waals surface area contributed by atoms with Crippen LogP contribution in [0.1, 0.15) is 45.1 Å². The molecule has 214 valence electrons. The van der Waals surface area contributed by atoms with Crippen LogP contribution in [0.5, 0.6) is 0 Å². The molecule has 1 atom stereocenters. The summed E-state index contributed by atoms with van der Waals surface area (Å²) in [5.74, 6) is -1.68. The number of aryl methyl sites for hydroxylation is 2. The highest BCUT2D eigenvalue weighted by Gasteiger charge is 2.35. The molecule has 0 aliphatic carbocycles. The monoisotopic (exact) mass is 560 g/mol. The number of carbonyl (C=O) groups excluding carboxylic acids is 2. The summed E-state index contributed by atoms with van der Waals surface area (Å²) < 4.78 is 33.2. The first-order chi connectivity index (χ1) is 19.8. The van der Waals surface area contributed by atoms with Gasteiger partial charge in [0.15, 0.2) is 0 Å². The Morgan fingerprint density at radius 1 is 0.951 bits per heavy atom. The van der Waals surface area contributed by atoms with Crippen LogP contribution in [-0.2, 0) is 9.53 Å². The number of halogens is 2. The van der Waals surface area contributed by atoms with Crippen LogP contribution in [-0.4, -0.2) is 78.3 Å². The lowest BCUT2D eigenvalue weighted by atomic mass is 9.96. The zero-order valence-corrected chi connectivity index (χ0v) is 23.4. The van der Waals surface area contributed by atoms with E-state index in [2.05, 4.69) is 4.90 Å². The van der Waals surface area contributed by atoms with Gasteiger partial charge in [-0.3, -0.25) is 14.5 Å². The first-order valence-corrected chi connectivity index (χ1v) is 13.9. The van der Waals surface area contributed by atoms with E-state index >= 15 is 0 Å². The van der Waals surface area contributed by atoms with Gasteiger partial charge in [-0.05, 0) is 72.5 Å². The van der Waals surface area contributed by atoms with Crippen LogP contribution < -0.4 is 0 Å². The zero-order valence-electron chi connectivity index (χ0n) is 23.4. The smallest absolute Gasteiger partial charge is 0.262 e. The Morgan fingerprint density at radius 3 is 2.41 bits per heavy atom. The number of morpholine rings is 1. The molecule has 2 aliphatic rings. The van der Waals surface area contributed by atoms with Gasteiger partial charge in [0.1, 0.15) is 18.2 Å². The summed E-state index contributed by atoms with van der Waals surface area (Å²) in [5, 5.41) is 6.16. The molecule has 3 aromatic carbocycles. The highest BCUT2D eigenvalue weighted by Crippen LogP contribution is 2.33. The van der Waals surface area contributed by atoms with E-state index in [-0.39, 0.29) is 30.4 Å². The molecule has 2 heterocycles. The molecule has 9 heteroatoms. The van der Waals surface area contributed by atoms with Crippen molar-refractivity contribution < 1.29 is 23.1 Å². The van der Waals surface area contributed by atoms with E-state index in [1.165, 1.54) is 40.2 Å². The van der Waals surface area contributed by atoms with E-state index in [0.717, 1.165) is 41.1 Å². The van der Waals surface area contributed by atoms with Gasteiger partial charge in [-0.2, -0.15) is 5.10 Å².